The average molecular weight is 404 g/mol. The van der Waals surface area contributed by atoms with Crippen molar-refractivity contribution < 1.29 is 14.3 Å². The molecule has 2 aromatic carbocycles. The zero-order valence-electron chi connectivity index (χ0n) is 9.98. The van der Waals surface area contributed by atoms with Crippen molar-refractivity contribution in [2.45, 2.75) is 0 Å². The lowest BCUT2D eigenvalue weighted by Crippen LogP contribution is -2.14. The van der Waals surface area contributed by atoms with E-state index in [0.29, 0.717) is 10.0 Å². The Bertz CT molecular complexity index is 677. The van der Waals surface area contributed by atoms with Gasteiger partial charge >= 0.3 is 0 Å². The molecule has 2 aromatic rings. The third kappa shape index (κ3) is 3.29. The van der Waals surface area contributed by atoms with Gasteiger partial charge in [0.05, 0.1) is 5.56 Å². The van der Waals surface area contributed by atoms with E-state index in [1.807, 2.05) is 0 Å². The molecular formula is C13H9Br2FN2O2. The minimum absolute atomic E-state index is 0.0319. The van der Waals surface area contributed by atoms with Crippen molar-refractivity contribution in [3.05, 3.63) is 56.7 Å². The Balaban J connectivity index is 2.47. The van der Waals surface area contributed by atoms with Gasteiger partial charge in [-0.15, -0.1) is 0 Å². The lowest BCUT2D eigenvalue weighted by molar-refractivity contribution is 0.318. The van der Waals surface area contributed by atoms with Gasteiger partial charge in [0.25, 0.3) is 0 Å². The zero-order chi connectivity index (χ0) is 14.7. The first-order chi connectivity index (χ1) is 9.51. The number of hydrogen-bond donors (Lipinski definition) is 2. The van der Waals surface area contributed by atoms with Gasteiger partial charge in [-0.05, 0) is 36.4 Å². The van der Waals surface area contributed by atoms with E-state index < -0.39 is 5.82 Å². The Morgan fingerprint density at radius 2 is 1.70 bits per heavy atom. The summed E-state index contributed by atoms with van der Waals surface area (Å²) in [5.41, 5.74) is 5.92. The van der Waals surface area contributed by atoms with Gasteiger partial charge in [-0.3, -0.25) is 0 Å². The fraction of sp³-hybridized carbons (Fsp3) is 0. The van der Waals surface area contributed by atoms with E-state index in [4.69, 9.17) is 15.7 Å². The number of amidine groups is 1. The van der Waals surface area contributed by atoms with E-state index in [2.05, 4.69) is 37.0 Å². The summed E-state index contributed by atoms with van der Waals surface area (Å²) in [5.74, 6) is -0.335. The van der Waals surface area contributed by atoms with E-state index >= 15 is 0 Å². The second kappa shape index (κ2) is 6.23. The van der Waals surface area contributed by atoms with Gasteiger partial charge in [-0.25, -0.2) is 4.39 Å². The molecule has 20 heavy (non-hydrogen) atoms. The van der Waals surface area contributed by atoms with Crippen LogP contribution in [-0.4, -0.2) is 11.0 Å². The maximum absolute atomic E-state index is 13.7. The molecule has 0 saturated carbocycles. The fourth-order valence-corrected chi connectivity index (χ4v) is 2.20. The summed E-state index contributed by atoms with van der Waals surface area (Å²) in [5, 5.41) is 11.7. The van der Waals surface area contributed by atoms with Crippen LogP contribution in [0.3, 0.4) is 0 Å². The Morgan fingerprint density at radius 1 is 1.10 bits per heavy atom. The van der Waals surface area contributed by atoms with Crippen molar-refractivity contribution in [3.8, 4) is 11.5 Å². The van der Waals surface area contributed by atoms with Gasteiger partial charge in [-0.1, -0.05) is 37.0 Å². The van der Waals surface area contributed by atoms with Gasteiger partial charge < -0.3 is 15.7 Å². The molecule has 0 atom stereocenters. The van der Waals surface area contributed by atoms with Gasteiger partial charge in [0.1, 0.15) is 5.75 Å². The van der Waals surface area contributed by atoms with E-state index in [9.17, 15) is 4.39 Å². The lowest BCUT2D eigenvalue weighted by Gasteiger charge is -2.11. The highest BCUT2D eigenvalue weighted by molar-refractivity contribution is 9.10. The summed E-state index contributed by atoms with van der Waals surface area (Å²) >= 11 is 6.53. The second-order valence-corrected chi connectivity index (χ2v) is 5.63. The molecule has 0 aliphatic heterocycles. The Labute approximate surface area is 131 Å². The van der Waals surface area contributed by atoms with Crippen molar-refractivity contribution in [2.24, 2.45) is 10.9 Å². The molecule has 0 aromatic heterocycles. The van der Waals surface area contributed by atoms with Gasteiger partial charge in [0.2, 0.25) is 0 Å². The molecule has 0 radical (unpaired) electrons. The zero-order valence-corrected chi connectivity index (χ0v) is 13.2. The second-order valence-electron chi connectivity index (χ2n) is 3.80. The molecule has 0 saturated heterocycles. The fourth-order valence-electron chi connectivity index (χ4n) is 1.52. The maximum atomic E-state index is 13.7. The molecular weight excluding hydrogens is 395 g/mol. The monoisotopic (exact) mass is 402 g/mol. The van der Waals surface area contributed by atoms with Crippen molar-refractivity contribution in [2.75, 3.05) is 0 Å². The summed E-state index contributed by atoms with van der Waals surface area (Å²) in [6.45, 7) is 0. The predicted molar refractivity (Wildman–Crippen MR) is 80.8 cm³/mol. The summed E-state index contributed by atoms with van der Waals surface area (Å²) in [6, 6.07) is 9.25. The lowest BCUT2D eigenvalue weighted by atomic mass is 10.2. The quantitative estimate of drug-likeness (QED) is 0.348. The van der Waals surface area contributed by atoms with Crippen molar-refractivity contribution in [3.63, 3.8) is 0 Å². The highest BCUT2D eigenvalue weighted by atomic mass is 79.9. The van der Waals surface area contributed by atoms with Crippen LogP contribution in [0.4, 0.5) is 4.39 Å². The Morgan fingerprint density at radius 3 is 2.35 bits per heavy atom. The van der Waals surface area contributed by atoms with Crippen molar-refractivity contribution >= 4 is 37.7 Å². The minimum Gasteiger partial charge on any atom is -0.453 e. The molecule has 0 aliphatic carbocycles. The predicted octanol–water partition coefficient (Wildman–Crippen LogP) is 4.24. The molecule has 0 spiro atoms. The molecule has 0 fully saturated rings. The maximum Gasteiger partial charge on any atom is 0.173 e. The van der Waals surface area contributed by atoms with Crippen LogP contribution < -0.4 is 10.5 Å². The largest absolute Gasteiger partial charge is 0.453 e. The number of oxime groups is 1. The van der Waals surface area contributed by atoms with Crippen LogP contribution in [0.1, 0.15) is 5.56 Å². The highest BCUT2D eigenvalue weighted by Gasteiger charge is 2.12. The molecule has 0 amide bonds. The topological polar surface area (TPSA) is 67.8 Å². The molecule has 0 bridgehead atoms. The van der Waals surface area contributed by atoms with Crippen LogP contribution in [0.5, 0.6) is 11.5 Å². The van der Waals surface area contributed by atoms with Gasteiger partial charge in [0, 0.05) is 8.95 Å². The summed E-state index contributed by atoms with van der Waals surface area (Å²) in [6.07, 6.45) is 0. The highest BCUT2D eigenvalue weighted by Crippen LogP contribution is 2.31. The van der Waals surface area contributed by atoms with Crippen LogP contribution in [-0.2, 0) is 0 Å². The molecule has 104 valence electrons. The molecule has 3 N–H and O–H groups in total. The van der Waals surface area contributed by atoms with Crippen molar-refractivity contribution in [1.82, 2.24) is 0 Å². The minimum atomic E-state index is -0.515. The molecule has 2 rings (SSSR count). The molecule has 4 nitrogen and oxygen atoms in total. The standard InChI is InChI=1S/C13H9Br2FN2O2/c14-7-1-3-9(13(17)18-19)11(5-7)20-12-6-8(15)2-4-10(12)16/h1-6,19H,(H2,17,18). The summed E-state index contributed by atoms with van der Waals surface area (Å²) in [4.78, 5) is 0. The Hall–Kier alpha value is -1.60. The van der Waals surface area contributed by atoms with Gasteiger partial charge in [0.15, 0.2) is 17.4 Å². The smallest absolute Gasteiger partial charge is 0.173 e. The molecule has 0 heterocycles. The van der Waals surface area contributed by atoms with Crippen LogP contribution in [0.15, 0.2) is 50.5 Å². The van der Waals surface area contributed by atoms with Crippen LogP contribution in [0.25, 0.3) is 0 Å². The number of nitrogens with two attached hydrogens (primary N) is 1. The van der Waals surface area contributed by atoms with E-state index in [-0.39, 0.29) is 17.3 Å². The van der Waals surface area contributed by atoms with E-state index in [1.54, 1.807) is 24.3 Å². The van der Waals surface area contributed by atoms with Crippen LogP contribution >= 0.6 is 31.9 Å². The Kier molecular flexibility index (Phi) is 4.61. The first kappa shape index (κ1) is 14.8. The first-order valence-electron chi connectivity index (χ1n) is 5.41. The number of rotatable bonds is 3. The van der Waals surface area contributed by atoms with E-state index in [0.717, 1.165) is 4.47 Å². The normalized spacial score (nSPS) is 11.4. The first-order valence-corrected chi connectivity index (χ1v) is 7.00. The third-order valence-corrected chi connectivity index (χ3v) is 3.43. The number of ether oxygens (including phenoxy) is 1. The molecule has 0 aliphatic rings. The summed E-state index contributed by atoms with van der Waals surface area (Å²) in [7, 11) is 0. The number of hydrogen-bond acceptors (Lipinski definition) is 3. The SMILES string of the molecule is N/C(=N/O)c1ccc(Br)cc1Oc1cc(Br)ccc1F. The number of nitrogens with zero attached hydrogens (tertiary/aromatic N) is 1. The van der Waals surface area contributed by atoms with Crippen LogP contribution in [0.2, 0.25) is 0 Å². The molecule has 0 unspecified atom stereocenters. The summed E-state index contributed by atoms with van der Waals surface area (Å²) < 4.78 is 20.6. The third-order valence-electron chi connectivity index (χ3n) is 2.44. The molecule has 7 heteroatoms. The van der Waals surface area contributed by atoms with Gasteiger partial charge in [-0.2, -0.15) is 0 Å². The van der Waals surface area contributed by atoms with Crippen molar-refractivity contribution in [1.29, 1.82) is 0 Å². The number of halogens is 3. The number of benzene rings is 2. The average Bonchev–Trinajstić information content (AvgIpc) is 2.42. The van der Waals surface area contributed by atoms with Crippen LogP contribution in [0, 0.1) is 5.82 Å². The van der Waals surface area contributed by atoms with E-state index in [1.165, 1.54) is 12.1 Å².